The number of hydrogen-bond acceptors (Lipinski definition) is 4. The van der Waals surface area contributed by atoms with Gasteiger partial charge in [-0.1, -0.05) is 18.2 Å². The van der Waals surface area contributed by atoms with E-state index in [1.54, 1.807) is 0 Å². The van der Waals surface area contributed by atoms with E-state index in [2.05, 4.69) is 5.48 Å². The van der Waals surface area contributed by atoms with Gasteiger partial charge in [-0.2, -0.15) is 13.2 Å². The number of alkyl halides is 3. The lowest BCUT2D eigenvalue weighted by Crippen LogP contribution is -2.40. The summed E-state index contributed by atoms with van der Waals surface area (Å²) in [7, 11) is 0. The Morgan fingerprint density at radius 1 is 1.07 bits per heavy atom. The molecule has 29 heavy (non-hydrogen) atoms. The highest BCUT2D eigenvalue weighted by Gasteiger charge is 2.30. The average Bonchev–Trinajstić information content (AvgIpc) is 3.16. The number of benzene rings is 2. The van der Waals surface area contributed by atoms with E-state index < -0.39 is 11.7 Å². The Morgan fingerprint density at radius 3 is 2.41 bits per heavy atom. The lowest BCUT2D eigenvalue weighted by atomic mass is 10.1. The van der Waals surface area contributed by atoms with Crippen LogP contribution in [0, 0.1) is 0 Å². The smallest absolute Gasteiger partial charge is 0.371 e. The summed E-state index contributed by atoms with van der Waals surface area (Å²) in [5.41, 5.74) is 2.64. The first-order chi connectivity index (χ1) is 13.9. The highest BCUT2D eigenvalue weighted by Crippen LogP contribution is 2.31. The average molecular weight is 420 g/mol. The van der Waals surface area contributed by atoms with E-state index in [1.165, 1.54) is 23.5 Å². The molecular weight excluding hydrogens is 401 g/mol. The Morgan fingerprint density at radius 2 is 1.76 bits per heavy atom. The van der Waals surface area contributed by atoms with Crippen LogP contribution in [0.3, 0.4) is 0 Å². The van der Waals surface area contributed by atoms with Gasteiger partial charge in [0.05, 0.1) is 16.5 Å². The Hall–Kier alpha value is -2.58. The topological polar surface area (TPSA) is 41.6 Å². The largest absolute Gasteiger partial charge is 0.416 e. The molecule has 0 bridgehead atoms. The van der Waals surface area contributed by atoms with Gasteiger partial charge in [0.25, 0.3) is 5.91 Å². The summed E-state index contributed by atoms with van der Waals surface area (Å²) in [5.74, 6) is -0.267. The second-order valence-corrected chi connectivity index (χ2v) is 8.01. The number of nitrogens with one attached hydrogen (secondary N) is 1. The third kappa shape index (κ3) is 4.54. The fourth-order valence-corrected chi connectivity index (χ4v) is 4.32. The molecule has 2 aromatic carbocycles. The lowest BCUT2D eigenvalue weighted by Gasteiger charge is -2.33. The molecular formula is C21H19F3N2O2S. The number of carbonyl (C=O) groups excluding carboxylic acids is 1. The van der Waals surface area contributed by atoms with Crippen LogP contribution >= 0.6 is 11.3 Å². The van der Waals surface area contributed by atoms with Crippen LogP contribution in [0.2, 0.25) is 0 Å². The normalized spacial score (nSPS) is 15.6. The maximum absolute atomic E-state index is 12.7. The van der Waals surface area contributed by atoms with E-state index in [4.69, 9.17) is 4.84 Å². The number of carbonyl (C=O) groups is 1. The molecule has 8 heteroatoms. The first kappa shape index (κ1) is 19.7. The zero-order chi connectivity index (χ0) is 20.4. The van der Waals surface area contributed by atoms with Crippen molar-refractivity contribution in [2.45, 2.75) is 25.1 Å². The maximum atomic E-state index is 12.7. The molecule has 1 amide bonds. The molecule has 1 fully saturated rings. The second-order valence-electron chi connectivity index (χ2n) is 6.93. The highest BCUT2D eigenvalue weighted by molar-refractivity contribution is 7.20. The highest BCUT2D eigenvalue weighted by atomic mass is 32.1. The summed E-state index contributed by atoms with van der Waals surface area (Å²) in [6.45, 7) is 1.30. The van der Waals surface area contributed by atoms with Crippen LogP contribution in [0.5, 0.6) is 0 Å². The van der Waals surface area contributed by atoms with Gasteiger partial charge in [-0.15, -0.1) is 11.3 Å². The Balaban J connectivity index is 1.28. The summed E-state index contributed by atoms with van der Waals surface area (Å²) in [6.07, 6.45) is -3.10. The maximum Gasteiger partial charge on any atom is 0.416 e. The van der Waals surface area contributed by atoms with Gasteiger partial charge in [0.15, 0.2) is 0 Å². The molecule has 1 aliphatic heterocycles. The molecule has 0 saturated carbocycles. The second kappa shape index (κ2) is 8.04. The number of nitrogens with zero attached hydrogens (tertiary/aromatic N) is 1. The fraction of sp³-hybridized carbons (Fsp3) is 0.286. The molecule has 4 rings (SSSR count). The quantitative estimate of drug-likeness (QED) is 0.586. The summed E-state index contributed by atoms with van der Waals surface area (Å²) < 4.78 is 39.1. The zero-order valence-electron chi connectivity index (χ0n) is 15.4. The number of amides is 1. The van der Waals surface area contributed by atoms with Gasteiger partial charge in [-0.05, 0) is 54.6 Å². The van der Waals surface area contributed by atoms with Crippen LogP contribution < -0.4 is 10.4 Å². The summed E-state index contributed by atoms with van der Waals surface area (Å²) >= 11 is 1.41. The molecule has 0 aliphatic carbocycles. The van der Waals surface area contributed by atoms with Crippen LogP contribution in [0.25, 0.3) is 10.1 Å². The molecule has 0 unspecified atom stereocenters. The van der Waals surface area contributed by atoms with Crippen LogP contribution in [0.15, 0.2) is 54.6 Å². The first-order valence-electron chi connectivity index (χ1n) is 9.27. The standard InChI is InChI=1S/C21H19F3N2O2S/c22-21(23,24)15-5-7-16(8-6-15)26-11-9-17(10-12-26)28-25-20(27)19-13-14-3-1-2-4-18(14)29-19/h1-8,13,17H,9-12H2,(H,25,27). The predicted octanol–water partition coefficient (Wildman–Crippen LogP) is 5.25. The van der Waals surface area contributed by atoms with Crippen molar-refractivity contribution in [3.8, 4) is 0 Å². The summed E-state index contributed by atoms with van der Waals surface area (Å²) in [4.78, 5) is 20.5. The number of fused-ring (bicyclic) bond motifs is 1. The van der Waals surface area contributed by atoms with E-state index in [0.717, 1.165) is 27.9 Å². The van der Waals surface area contributed by atoms with Gasteiger partial charge in [0.2, 0.25) is 0 Å². The van der Waals surface area contributed by atoms with E-state index in [0.29, 0.717) is 30.8 Å². The lowest BCUT2D eigenvalue weighted by molar-refractivity contribution is -0.137. The number of hydroxylamine groups is 1. The zero-order valence-corrected chi connectivity index (χ0v) is 16.2. The van der Waals surface area contributed by atoms with E-state index in [9.17, 15) is 18.0 Å². The molecule has 3 aromatic rings. The van der Waals surface area contributed by atoms with Crippen molar-refractivity contribution in [2.75, 3.05) is 18.0 Å². The molecule has 1 saturated heterocycles. The van der Waals surface area contributed by atoms with Gasteiger partial charge in [-0.3, -0.25) is 9.63 Å². The van der Waals surface area contributed by atoms with Gasteiger partial charge in [0.1, 0.15) is 0 Å². The van der Waals surface area contributed by atoms with Crippen LogP contribution in [-0.4, -0.2) is 25.1 Å². The number of thiophene rings is 1. The minimum atomic E-state index is -4.33. The minimum Gasteiger partial charge on any atom is -0.371 e. The molecule has 1 aromatic heterocycles. The third-order valence-corrected chi connectivity index (χ3v) is 6.08. The Kier molecular flexibility index (Phi) is 5.47. The monoisotopic (exact) mass is 420 g/mol. The molecule has 0 atom stereocenters. The number of hydrogen-bond donors (Lipinski definition) is 1. The van der Waals surface area contributed by atoms with Gasteiger partial charge in [-0.25, -0.2) is 5.48 Å². The van der Waals surface area contributed by atoms with Crippen molar-refractivity contribution < 1.29 is 22.8 Å². The van der Waals surface area contributed by atoms with Crippen LogP contribution in [-0.2, 0) is 11.0 Å². The molecule has 4 nitrogen and oxygen atoms in total. The predicted molar refractivity (Wildman–Crippen MR) is 107 cm³/mol. The van der Waals surface area contributed by atoms with Crippen molar-refractivity contribution in [1.82, 2.24) is 5.48 Å². The molecule has 152 valence electrons. The van der Waals surface area contributed by atoms with E-state index in [-0.39, 0.29) is 12.0 Å². The van der Waals surface area contributed by atoms with Crippen molar-refractivity contribution >= 4 is 33.0 Å². The number of anilines is 1. The van der Waals surface area contributed by atoms with Gasteiger partial charge >= 0.3 is 6.18 Å². The van der Waals surface area contributed by atoms with Crippen molar-refractivity contribution in [3.63, 3.8) is 0 Å². The number of piperidine rings is 1. The molecule has 0 spiro atoms. The fourth-order valence-electron chi connectivity index (χ4n) is 3.37. The van der Waals surface area contributed by atoms with E-state index >= 15 is 0 Å². The third-order valence-electron chi connectivity index (χ3n) is 4.97. The van der Waals surface area contributed by atoms with Crippen molar-refractivity contribution in [2.24, 2.45) is 0 Å². The SMILES string of the molecule is O=C(NOC1CCN(c2ccc(C(F)(F)F)cc2)CC1)c1cc2ccccc2s1. The van der Waals surface area contributed by atoms with Gasteiger partial charge in [0, 0.05) is 23.5 Å². The Bertz CT molecular complexity index is 960. The Labute approximate surface area is 169 Å². The van der Waals surface area contributed by atoms with Crippen LogP contribution in [0.4, 0.5) is 18.9 Å². The molecule has 0 radical (unpaired) electrons. The van der Waals surface area contributed by atoms with Crippen molar-refractivity contribution in [3.05, 3.63) is 65.0 Å². The van der Waals surface area contributed by atoms with E-state index in [1.807, 2.05) is 35.2 Å². The summed E-state index contributed by atoms with van der Waals surface area (Å²) in [5, 5.41) is 1.02. The first-order valence-corrected chi connectivity index (χ1v) is 10.1. The minimum absolute atomic E-state index is 0.126. The molecule has 2 heterocycles. The molecule has 1 aliphatic rings. The van der Waals surface area contributed by atoms with Gasteiger partial charge < -0.3 is 4.90 Å². The number of halogens is 3. The number of rotatable bonds is 4. The van der Waals surface area contributed by atoms with Crippen molar-refractivity contribution in [1.29, 1.82) is 0 Å². The van der Waals surface area contributed by atoms with Crippen LogP contribution in [0.1, 0.15) is 28.1 Å². The summed E-state index contributed by atoms with van der Waals surface area (Å²) in [6, 6.07) is 14.8. The molecule has 1 N–H and O–H groups in total.